The zero-order valence-corrected chi connectivity index (χ0v) is 15.2. The van der Waals surface area contributed by atoms with Crippen molar-refractivity contribution < 1.29 is 37.5 Å². The Hall–Kier alpha value is 0.534. The molecule has 0 unspecified atom stereocenters. The molecule has 0 aromatic heterocycles. The van der Waals surface area contributed by atoms with E-state index in [0.717, 1.165) is 6.04 Å². The van der Waals surface area contributed by atoms with Crippen molar-refractivity contribution in [2.45, 2.75) is 68.9 Å². The van der Waals surface area contributed by atoms with Gasteiger partial charge in [-0.1, -0.05) is 36.1 Å². The number of likely N-dealkylation sites (tertiary alicyclic amines) is 1. The molecule has 0 aromatic rings. The Kier molecular flexibility index (Phi) is 28.5. The molecule has 0 spiro atoms. The fourth-order valence-electron chi connectivity index (χ4n) is 1.77. The zero-order valence-electron chi connectivity index (χ0n) is 12.4. The first-order valence-electron chi connectivity index (χ1n) is 6.31. The number of carbonyl (C=O) groups excluding carboxylic acids is 1. The molecule has 1 radical (unpaired) electrons. The minimum Gasteiger partial charge on any atom is -0.349 e. The molecule has 0 N–H and O–H groups in total. The van der Waals surface area contributed by atoms with Crippen LogP contribution in [0.25, 0.3) is 0 Å². The average Bonchev–Trinajstić information content (AvgIpc) is 2.70. The maximum Gasteiger partial charge on any atom is 0.224 e. The molecule has 4 heteroatoms. The molecule has 0 aromatic carbocycles. The maximum atomic E-state index is 10.8. The van der Waals surface area contributed by atoms with Gasteiger partial charge < -0.3 is 9.80 Å². The van der Waals surface area contributed by atoms with Gasteiger partial charge >= 0.3 is 0 Å². The van der Waals surface area contributed by atoms with E-state index in [4.69, 9.17) is 0 Å². The Morgan fingerprint density at radius 2 is 1.30 bits per heavy atom. The van der Waals surface area contributed by atoms with Crippen molar-refractivity contribution >= 4 is 5.91 Å². The second-order valence-electron chi connectivity index (χ2n) is 5.22. The van der Waals surface area contributed by atoms with E-state index in [9.17, 15) is 4.79 Å². The molecule has 1 aliphatic heterocycles. The SMILES string of the molecule is C.C.C.CC(C)C(=O)N(C)C.CC(C)N1CCCC1.[Y]. The topological polar surface area (TPSA) is 23.6 Å². The van der Waals surface area contributed by atoms with E-state index < -0.39 is 0 Å². The predicted octanol–water partition coefficient (Wildman–Crippen LogP) is 4.13. The summed E-state index contributed by atoms with van der Waals surface area (Å²) in [5, 5.41) is 0. The third-order valence-corrected chi connectivity index (χ3v) is 2.81. The van der Waals surface area contributed by atoms with Gasteiger partial charge in [-0.05, 0) is 39.8 Å². The summed E-state index contributed by atoms with van der Waals surface area (Å²) in [4.78, 5) is 14.9. The summed E-state index contributed by atoms with van der Waals surface area (Å²) in [5.74, 6) is 0.315. The van der Waals surface area contributed by atoms with E-state index >= 15 is 0 Å². The molecule has 0 aliphatic carbocycles. The standard InChI is InChI=1S/C7H15N.C6H13NO.3CH4.Y/c1-7(2)8-5-3-4-6-8;1-5(2)6(8)7(3)4;;;;/h7H,3-6H2,1-2H3;5H,1-4H3;3*1H4;. The zero-order chi connectivity index (χ0) is 12.7. The minimum absolute atomic E-state index is 0. The van der Waals surface area contributed by atoms with E-state index in [0.29, 0.717) is 0 Å². The number of rotatable bonds is 2. The minimum atomic E-state index is 0. The van der Waals surface area contributed by atoms with Crippen LogP contribution in [0.3, 0.4) is 0 Å². The number of amides is 1. The maximum absolute atomic E-state index is 10.8. The molecule has 0 atom stereocenters. The van der Waals surface area contributed by atoms with Gasteiger partial charge in [-0.15, -0.1) is 0 Å². The van der Waals surface area contributed by atoms with Crippen molar-refractivity contribution in [1.82, 2.24) is 9.80 Å². The second kappa shape index (κ2) is 17.6. The normalized spacial score (nSPS) is 13.0. The summed E-state index contributed by atoms with van der Waals surface area (Å²) >= 11 is 0. The van der Waals surface area contributed by atoms with Crippen molar-refractivity contribution in [2.75, 3.05) is 27.2 Å². The molecule has 1 fully saturated rings. The van der Waals surface area contributed by atoms with Crippen LogP contribution in [-0.4, -0.2) is 48.9 Å². The Balaban J connectivity index is -0.0000000625. The van der Waals surface area contributed by atoms with Gasteiger partial charge in [0.1, 0.15) is 0 Å². The summed E-state index contributed by atoms with van der Waals surface area (Å²) in [6, 6.07) is 0.775. The van der Waals surface area contributed by atoms with E-state index in [1.54, 1.807) is 19.0 Å². The first-order chi connectivity index (χ1) is 7.36. The van der Waals surface area contributed by atoms with Gasteiger partial charge in [-0.25, -0.2) is 0 Å². The van der Waals surface area contributed by atoms with Crippen LogP contribution in [0, 0.1) is 5.92 Å². The molecule has 0 bridgehead atoms. The third-order valence-electron chi connectivity index (χ3n) is 2.81. The number of hydrogen-bond donors (Lipinski definition) is 0. The summed E-state index contributed by atoms with van der Waals surface area (Å²) in [6.07, 6.45) is 2.83. The molecule has 1 rings (SSSR count). The second-order valence-corrected chi connectivity index (χ2v) is 5.22. The Morgan fingerprint density at radius 3 is 1.40 bits per heavy atom. The van der Waals surface area contributed by atoms with Gasteiger partial charge in [0.2, 0.25) is 5.91 Å². The fraction of sp³-hybridized carbons (Fsp3) is 0.938. The van der Waals surface area contributed by atoms with Crippen LogP contribution < -0.4 is 0 Å². The predicted molar refractivity (Wildman–Crippen MR) is 89.7 cm³/mol. The molecule has 0 saturated carbocycles. The fourth-order valence-corrected chi connectivity index (χ4v) is 1.77. The van der Waals surface area contributed by atoms with Crippen LogP contribution in [0.2, 0.25) is 0 Å². The number of carbonyl (C=O) groups is 1. The largest absolute Gasteiger partial charge is 0.349 e. The summed E-state index contributed by atoms with van der Waals surface area (Å²) in [7, 11) is 3.53. The van der Waals surface area contributed by atoms with Gasteiger partial charge in [0.15, 0.2) is 0 Å². The summed E-state index contributed by atoms with van der Waals surface area (Å²) < 4.78 is 0. The molecule has 1 saturated heterocycles. The van der Waals surface area contributed by atoms with E-state index in [2.05, 4.69) is 18.7 Å². The van der Waals surface area contributed by atoms with Crippen LogP contribution in [-0.2, 0) is 37.5 Å². The Bertz CT molecular complexity index is 191. The van der Waals surface area contributed by atoms with Crippen LogP contribution in [0.15, 0.2) is 0 Å². The molecular weight excluding hydrogens is 325 g/mol. The average molecular weight is 365 g/mol. The monoisotopic (exact) mass is 365 g/mol. The van der Waals surface area contributed by atoms with Gasteiger partial charge in [0, 0.05) is 58.8 Å². The Labute approximate surface area is 154 Å². The first kappa shape index (κ1) is 32.5. The molecule has 1 amide bonds. The summed E-state index contributed by atoms with van der Waals surface area (Å²) in [6.45, 7) is 11.0. The van der Waals surface area contributed by atoms with E-state index in [1.165, 1.54) is 25.9 Å². The van der Waals surface area contributed by atoms with Crippen LogP contribution >= 0.6 is 0 Å². The van der Waals surface area contributed by atoms with E-state index in [1.807, 2.05) is 13.8 Å². The molecule has 1 heterocycles. The van der Waals surface area contributed by atoms with Gasteiger partial charge in [0.05, 0.1) is 0 Å². The quantitative estimate of drug-likeness (QED) is 0.735. The van der Waals surface area contributed by atoms with Crippen LogP contribution in [0.5, 0.6) is 0 Å². The number of nitrogens with zero attached hydrogens (tertiary/aromatic N) is 2. The molecule has 123 valence electrons. The Morgan fingerprint density at radius 1 is 0.950 bits per heavy atom. The summed E-state index contributed by atoms with van der Waals surface area (Å²) in [5.41, 5.74) is 0. The van der Waals surface area contributed by atoms with Gasteiger partial charge in [-0.3, -0.25) is 4.79 Å². The van der Waals surface area contributed by atoms with Crippen LogP contribution in [0.1, 0.15) is 62.8 Å². The van der Waals surface area contributed by atoms with E-state index in [-0.39, 0.29) is 66.8 Å². The van der Waals surface area contributed by atoms with Gasteiger partial charge in [0.25, 0.3) is 0 Å². The van der Waals surface area contributed by atoms with Crippen molar-refractivity contribution in [3.8, 4) is 0 Å². The molecule has 3 nitrogen and oxygen atoms in total. The molecular formula is C16H40N2OY. The van der Waals surface area contributed by atoms with Crippen molar-refractivity contribution in [3.63, 3.8) is 0 Å². The third kappa shape index (κ3) is 14.9. The van der Waals surface area contributed by atoms with Gasteiger partial charge in [-0.2, -0.15) is 0 Å². The van der Waals surface area contributed by atoms with Crippen molar-refractivity contribution in [2.24, 2.45) is 5.92 Å². The van der Waals surface area contributed by atoms with Crippen molar-refractivity contribution in [1.29, 1.82) is 0 Å². The first-order valence-corrected chi connectivity index (χ1v) is 6.31. The van der Waals surface area contributed by atoms with Crippen LogP contribution in [0.4, 0.5) is 0 Å². The molecule has 20 heavy (non-hydrogen) atoms. The smallest absolute Gasteiger partial charge is 0.224 e. The van der Waals surface area contributed by atoms with Crippen molar-refractivity contribution in [3.05, 3.63) is 0 Å². The number of hydrogen-bond acceptors (Lipinski definition) is 2. The molecule has 1 aliphatic rings.